The van der Waals surface area contributed by atoms with Gasteiger partial charge in [0.15, 0.2) is 5.96 Å². The minimum absolute atomic E-state index is 0.274. The van der Waals surface area contributed by atoms with Gasteiger partial charge in [-0.15, -0.1) is 11.8 Å². The lowest BCUT2D eigenvalue weighted by molar-refractivity contribution is 0.0308. The van der Waals surface area contributed by atoms with Crippen molar-refractivity contribution >= 4 is 17.7 Å². The van der Waals surface area contributed by atoms with Gasteiger partial charge in [-0.3, -0.25) is 0 Å². The van der Waals surface area contributed by atoms with E-state index >= 15 is 0 Å². The van der Waals surface area contributed by atoms with Gasteiger partial charge < -0.3 is 20.5 Å². The zero-order chi connectivity index (χ0) is 20.2. The molecule has 5 nitrogen and oxygen atoms in total. The molecule has 0 aromatic heterocycles. The summed E-state index contributed by atoms with van der Waals surface area (Å²) < 4.78 is 5.59. The van der Waals surface area contributed by atoms with Crippen molar-refractivity contribution in [2.75, 3.05) is 26.0 Å². The van der Waals surface area contributed by atoms with E-state index in [0.29, 0.717) is 25.7 Å². The van der Waals surface area contributed by atoms with Crippen molar-refractivity contribution in [3.8, 4) is 0 Å². The largest absolute Gasteiger partial charge is 0.389 e. The second-order valence-electron chi connectivity index (χ2n) is 6.55. The smallest absolute Gasteiger partial charge is 0.191 e. The third-order valence-electron chi connectivity index (χ3n) is 4.12. The Hall–Kier alpha value is -2.02. The Morgan fingerprint density at radius 1 is 1.18 bits per heavy atom. The first-order valence-electron chi connectivity index (χ1n) is 9.57. The predicted octanol–water partition coefficient (Wildman–Crippen LogP) is 3.35. The molecule has 0 radical (unpaired) electrons. The van der Waals surface area contributed by atoms with Crippen LogP contribution in [0, 0.1) is 6.92 Å². The molecule has 3 N–H and O–H groups in total. The number of aryl methyl sites for hydroxylation is 1. The van der Waals surface area contributed by atoms with Crippen LogP contribution in [0.2, 0.25) is 0 Å². The van der Waals surface area contributed by atoms with Crippen LogP contribution < -0.4 is 10.6 Å². The number of guanidine groups is 1. The van der Waals surface area contributed by atoms with Crippen molar-refractivity contribution in [2.45, 2.75) is 38.0 Å². The Balaban J connectivity index is 1.82. The highest BCUT2D eigenvalue weighted by Crippen LogP contribution is 2.22. The number of hydrogen-bond donors (Lipinski definition) is 3. The lowest BCUT2D eigenvalue weighted by Gasteiger charge is -2.16. The maximum absolute atomic E-state index is 10.2. The Bertz CT molecular complexity index is 738. The summed E-state index contributed by atoms with van der Waals surface area (Å²) in [6.45, 7) is 6.62. The zero-order valence-corrected chi connectivity index (χ0v) is 17.8. The maximum Gasteiger partial charge on any atom is 0.191 e. The summed E-state index contributed by atoms with van der Waals surface area (Å²) >= 11 is 1.73. The molecule has 1 unspecified atom stereocenters. The second-order valence-corrected chi connectivity index (χ2v) is 7.39. The van der Waals surface area contributed by atoms with Gasteiger partial charge in [0.05, 0.1) is 25.9 Å². The van der Waals surface area contributed by atoms with Crippen LogP contribution >= 0.6 is 11.8 Å². The Morgan fingerprint density at radius 3 is 2.68 bits per heavy atom. The van der Waals surface area contributed by atoms with Crippen LogP contribution in [0.1, 0.15) is 23.6 Å². The molecule has 0 amide bonds. The number of aliphatic hydroxyl groups is 1. The minimum Gasteiger partial charge on any atom is -0.389 e. The van der Waals surface area contributed by atoms with Crippen LogP contribution in [0.5, 0.6) is 0 Å². The van der Waals surface area contributed by atoms with Crippen LogP contribution in [0.4, 0.5) is 0 Å². The average molecular weight is 402 g/mol. The highest BCUT2D eigenvalue weighted by molar-refractivity contribution is 7.98. The molecule has 0 aliphatic heterocycles. The molecule has 2 aromatic rings. The Kier molecular flexibility index (Phi) is 9.90. The number of rotatable bonds is 10. The number of aliphatic hydroxyl groups excluding tert-OH is 1. The van der Waals surface area contributed by atoms with E-state index < -0.39 is 6.10 Å². The van der Waals surface area contributed by atoms with Gasteiger partial charge in [-0.2, -0.15) is 0 Å². The summed E-state index contributed by atoms with van der Waals surface area (Å²) in [4.78, 5) is 5.90. The molecule has 152 valence electrons. The fraction of sp³-hybridized carbons (Fsp3) is 0.409. The monoisotopic (exact) mass is 401 g/mol. The van der Waals surface area contributed by atoms with E-state index in [1.807, 2.05) is 37.3 Å². The molecule has 0 bridgehead atoms. The van der Waals surface area contributed by atoms with Crippen molar-refractivity contribution in [1.29, 1.82) is 0 Å². The summed E-state index contributed by atoms with van der Waals surface area (Å²) in [6.07, 6.45) is 1.48. The summed E-state index contributed by atoms with van der Waals surface area (Å²) in [5, 5.41) is 16.6. The van der Waals surface area contributed by atoms with E-state index in [-0.39, 0.29) is 6.61 Å². The molecule has 0 aliphatic carbocycles. The van der Waals surface area contributed by atoms with E-state index in [9.17, 15) is 5.11 Å². The number of thioether (sulfide) groups is 1. The highest BCUT2D eigenvalue weighted by Gasteiger charge is 2.07. The number of nitrogens with one attached hydrogen (secondary N) is 2. The van der Waals surface area contributed by atoms with Crippen LogP contribution in [0.3, 0.4) is 0 Å². The molecule has 0 saturated carbocycles. The van der Waals surface area contributed by atoms with E-state index in [2.05, 4.69) is 47.0 Å². The molecule has 0 aliphatic rings. The van der Waals surface area contributed by atoms with Gasteiger partial charge >= 0.3 is 0 Å². The SMILES string of the molecule is CCNC(=NCc1ccc(C)cc1SC)NCC(O)COCc1ccccc1. The second kappa shape index (κ2) is 12.4. The first kappa shape index (κ1) is 22.3. The zero-order valence-electron chi connectivity index (χ0n) is 16.9. The molecule has 0 heterocycles. The molecule has 6 heteroatoms. The molecule has 2 aromatic carbocycles. The fourth-order valence-corrected chi connectivity index (χ4v) is 3.35. The van der Waals surface area contributed by atoms with Crippen LogP contribution in [0.25, 0.3) is 0 Å². The summed E-state index contributed by atoms with van der Waals surface area (Å²) in [6, 6.07) is 16.4. The number of benzene rings is 2. The summed E-state index contributed by atoms with van der Waals surface area (Å²) in [5.41, 5.74) is 3.54. The maximum atomic E-state index is 10.2. The van der Waals surface area contributed by atoms with Gasteiger partial charge in [-0.05, 0) is 42.9 Å². The molecule has 0 saturated heterocycles. The van der Waals surface area contributed by atoms with E-state index in [0.717, 1.165) is 12.1 Å². The molecule has 1 atom stereocenters. The van der Waals surface area contributed by atoms with Crippen molar-refractivity contribution in [1.82, 2.24) is 10.6 Å². The Morgan fingerprint density at radius 2 is 1.96 bits per heavy atom. The molecule has 0 fully saturated rings. The molecule has 2 rings (SSSR count). The van der Waals surface area contributed by atoms with Gasteiger partial charge in [0.1, 0.15) is 0 Å². The Labute approximate surface area is 172 Å². The predicted molar refractivity (Wildman–Crippen MR) is 118 cm³/mol. The third kappa shape index (κ3) is 7.92. The molecular formula is C22H31N3O2S. The first-order valence-corrected chi connectivity index (χ1v) is 10.8. The van der Waals surface area contributed by atoms with Crippen molar-refractivity contribution < 1.29 is 9.84 Å². The highest BCUT2D eigenvalue weighted by atomic mass is 32.2. The van der Waals surface area contributed by atoms with Crippen LogP contribution in [-0.2, 0) is 17.9 Å². The lowest BCUT2D eigenvalue weighted by atomic mass is 10.1. The molecular weight excluding hydrogens is 370 g/mol. The van der Waals surface area contributed by atoms with Crippen LogP contribution in [0.15, 0.2) is 58.4 Å². The standard InChI is InChI=1S/C22H31N3O2S/c1-4-23-22(24-13-19-11-10-17(2)12-21(19)28-3)25-14-20(26)16-27-15-18-8-6-5-7-9-18/h5-12,20,26H,4,13-16H2,1-3H3,(H2,23,24,25). The van der Waals surface area contributed by atoms with E-state index in [1.54, 1.807) is 11.8 Å². The van der Waals surface area contributed by atoms with E-state index in [4.69, 9.17) is 4.74 Å². The van der Waals surface area contributed by atoms with Gasteiger partial charge in [-0.1, -0.05) is 42.5 Å². The van der Waals surface area contributed by atoms with Crippen molar-refractivity contribution in [3.05, 3.63) is 65.2 Å². The number of ether oxygens (including phenoxy) is 1. The van der Waals surface area contributed by atoms with Crippen molar-refractivity contribution in [3.63, 3.8) is 0 Å². The minimum atomic E-state index is -0.603. The van der Waals surface area contributed by atoms with Gasteiger partial charge in [0.25, 0.3) is 0 Å². The summed E-state index contributed by atoms with van der Waals surface area (Å²) in [7, 11) is 0. The molecule has 28 heavy (non-hydrogen) atoms. The van der Waals surface area contributed by atoms with E-state index in [1.165, 1.54) is 16.0 Å². The number of nitrogens with zero attached hydrogens (tertiary/aromatic N) is 1. The third-order valence-corrected chi connectivity index (χ3v) is 4.94. The first-order chi connectivity index (χ1) is 13.6. The molecule has 0 spiro atoms. The van der Waals surface area contributed by atoms with Gasteiger partial charge in [0.2, 0.25) is 0 Å². The van der Waals surface area contributed by atoms with Crippen molar-refractivity contribution in [2.24, 2.45) is 4.99 Å². The lowest BCUT2D eigenvalue weighted by Crippen LogP contribution is -2.42. The van der Waals surface area contributed by atoms with Crippen LogP contribution in [-0.4, -0.2) is 43.1 Å². The topological polar surface area (TPSA) is 65.9 Å². The van der Waals surface area contributed by atoms with Gasteiger partial charge in [-0.25, -0.2) is 4.99 Å². The summed E-state index contributed by atoms with van der Waals surface area (Å²) in [5.74, 6) is 0.692. The quantitative estimate of drug-likeness (QED) is 0.324. The number of hydrogen-bond acceptors (Lipinski definition) is 4. The normalized spacial score (nSPS) is 12.6. The number of aliphatic imine (C=N–C) groups is 1. The fourth-order valence-electron chi connectivity index (χ4n) is 2.65. The van der Waals surface area contributed by atoms with Gasteiger partial charge in [0, 0.05) is 18.0 Å². The average Bonchev–Trinajstić information content (AvgIpc) is 2.71.